The number of ketones is 1. The summed E-state index contributed by atoms with van der Waals surface area (Å²) in [6.07, 6.45) is 1.55. The number of carbonyl (C=O) groups excluding carboxylic acids is 1. The summed E-state index contributed by atoms with van der Waals surface area (Å²) >= 11 is 1.34. The van der Waals surface area contributed by atoms with E-state index in [2.05, 4.69) is 0 Å². The van der Waals surface area contributed by atoms with Gasteiger partial charge in [-0.1, -0.05) is 6.07 Å². The number of furan rings is 1. The topological polar surface area (TPSA) is 73.3 Å². The molecule has 0 aromatic carbocycles. The summed E-state index contributed by atoms with van der Waals surface area (Å²) in [6, 6.07) is 6.83. The molecule has 0 fully saturated rings. The van der Waals surface area contributed by atoms with E-state index in [1.54, 1.807) is 24.3 Å². The Kier molecular flexibility index (Phi) is 3.88. The summed E-state index contributed by atoms with van der Waals surface area (Å²) in [5.74, 6) is -0.116. The highest BCUT2D eigenvalue weighted by atomic mass is 32.1. The molecule has 0 unspecified atom stereocenters. The average Bonchev–Trinajstić information content (AvgIpc) is 3.01. The smallest absolute Gasteiger partial charge is 0.214 e. The maximum absolute atomic E-state index is 11.9. The molecule has 0 saturated heterocycles. The maximum atomic E-state index is 11.9. The molecule has 0 spiro atoms. The van der Waals surface area contributed by atoms with Crippen LogP contribution in [-0.2, 0) is 0 Å². The Balaban J connectivity index is 2.11. The quantitative estimate of drug-likeness (QED) is 0.457. The average molecular weight is 265 g/mol. The van der Waals surface area contributed by atoms with Crippen molar-refractivity contribution in [2.45, 2.75) is 12.3 Å². The zero-order chi connectivity index (χ0) is 13.0. The Bertz CT molecular complexity index is 518. The van der Waals surface area contributed by atoms with Crippen LogP contribution in [0.2, 0.25) is 0 Å². The number of nitro groups is 1. The highest BCUT2D eigenvalue weighted by Crippen LogP contribution is 2.24. The molecule has 6 heteroatoms. The molecule has 0 aliphatic carbocycles. The Labute approximate surface area is 107 Å². The van der Waals surface area contributed by atoms with Crippen molar-refractivity contribution in [1.82, 2.24) is 0 Å². The van der Waals surface area contributed by atoms with Crippen LogP contribution in [0.25, 0.3) is 0 Å². The van der Waals surface area contributed by atoms with Gasteiger partial charge in [0.2, 0.25) is 6.54 Å². The van der Waals surface area contributed by atoms with Crippen LogP contribution in [-0.4, -0.2) is 17.3 Å². The molecule has 1 atom stereocenters. The lowest BCUT2D eigenvalue weighted by atomic mass is 9.99. The van der Waals surface area contributed by atoms with Gasteiger partial charge in [-0.15, -0.1) is 11.3 Å². The van der Waals surface area contributed by atoms with Crippen LogP contribution in [0.4, 0.5) is 0 Å². The van der Waals surface area contributed by atoms with Crippen molar-refractivity contribution in [3.05, 3.63) is 56.7 Å². The van der Waals surface area contributed by atoms with Gasteiger partial charge in [0, 0.05) is 11.3 Å². The number of nitrogens with zero attached hydrogens (tertiary/aromatic N) is 1. The van der Waals surface area contributed by atoms with Gasteiger partial charge in [0.15, 0.2) is 5.78 Å². The van der Waals surface area contributed by atoms with Gasteiger partial charge in [-0.25, -0.2) is 0 Å². The van der Waals surface area contributed by atoms with Crippen LogP contribution < -0.4 is 0 Å². The highest BCUT2D eigenvalue weighted by Gasteiger charge is 2.24. The van der Waals surface area contributed by atoms with Crippen LogP contribution in [0.5, 0.6) is 0 Å². The fourth-order valence-corrected chi connectivity index (χ4v) is 2.40. The van der Waals surface area contributed by atoms with E-state index in [1.165, 1.54) is 17.6 Å². The second-order valence-corrected chi connectivity index (χ2v) is 4.78. The van der Waals surface area contributed by atoms with Crippen LogP contribution >= 0.6 is 11.3 Å². The predicted molar refractivity (Wildman–Crippen MR) is 66.6 cm³/mol. The van der Waals surface area contributed by atoms with Crippen LogP contribution in [0.1, 0.15) is 27.8 Å². The molecule has 0 N–H and O–H groups in total. The number of hydrogen-bond donors (Lipinski definition) is 0. The van der Waals surface area contributed by atoms with Crippen molar-refractivity contribution in [2.24, 2.45) is 0 Å². The number of carbonyl (C=O) groups is 1. The second kappa shape index (κ2) is 5.59. The first-order valence-corrected chi connectivity index (χ1v) is 6.26. The third kappa shape index (κ3) is 3.04. The molecule has 0 bridgehead atoms. The van der Waals surface area contributed by atoms with Crippen molar-refractivity contribution >= 4 is 17.1 Å². The van der Waals surface area contributed by atoms with Gasteiger partial charge in [-0.3, -0.25) is 14.9 Å². The normalized spacial score (nSPS) is 12.2. The molecule has 18 heavy (non-hydrogen) atoms. The van der Waals surface area contributed by atoms with Gasteiger partial charge in [-0.2, -0.15) is 0 Å². The molecule has 5 nitrogen and oxygen atoms in total. The first kappa shape index (κ1) is 12.5. The maximum Gasteiger partial charge on any atom is 0.214 e. The van der Waals surface area contributed by atoms with Crippen molar-refractivity contribution in [3.8, 4) is 0 Å². The minimum absolute atomic E-state index is 0.0896. The Morgan fingerprint density at radius 1 is 1.44 bits per heavy atom. The lowest BCUT2D eigenvalue weighted by molar-refractivity contribution is -0.483. The van der Waals surface area contributed by atoms with Crippen molar-refractivity contribution in [2.75, 3.05) is 6.54 Å². The van der Waals surface area contributed by atoms with Crippen molar-refractivity contribution < 1.29 is 14.1 Å². The summed E-state index contributed by atoms with van der Waals surface area (Å²) in [4.78, 5) is 22.8. The standard InChI is InChI=1S/C12H11NO4S/c14-10(12-4-2-6-18-12)7-9(8-13(15)16)11-3-1-5-17-11/h1-6,9H,7-8H2/t9-/m0/s1. The van der Waals surface area contributed by atoms with E-state index in [9.17, 15) is 14.9 Å². The lowest BCUT2D eigenvalue weighted by Crippen LogP contribution is -2.15. The van der Waals surface area contributed by atoms with Crippen molar-refractivity contribution in [1.29, 1.82) is 0 Å². The molecule has 2 aromatic heterocycles. The molecule has 2 aromatic rings. The van der Waals surface area contributed by atoms with Gasteiger partial charge < -0.3 is 4.42 Å². The minimum atomic E-state index is -0.510. The Morgan fingerprint density at radius 2 is 2.28 bits per heavy atom. The fourth-order valence-electron chi connectivity index (χ4n) is 1.72. The summed E-state index contributed by atoms with van der Waals surface area (Å²) in [7, 11) is 0. The Morgan fingerprint density at radius 3 is 2.83 bits per heavy atom. The van der Waals surface area contributed by atoms with Gasteiger partial charge in [0.25, 0.3) is 0 Å². The summed E-state index contributed by atoms with van der Waals surface area (Å²) in [6.45, 7) is -0.301. The molecular weight excluding hydrogens is 254 g/mol. The van der Waals surface area contributed by atoms with E-state index in [0.29, 0.717) is 10.6 Å². The first-order chi connectivity index (χ1) is 8.66. The van der Waals surface area contributed by atoms with E-state index >= 15 is 0 Å². The molecule has 0 aliphatic heterocycles. The molecule has 94 valence electrons. The predicted octanol–water partition coefficient (Wildman–Crippen LogP) is 2.97. The SMILES string of the molecule is O=C(C[C@@H](C[N+](=O)[O-])c1ccco1)c1cccs1. The van der Waals surface area contributed by atoms with Crippen LogP contribution in [0.3, 0.4) is 0 Å². The third-order valence-corrected chi connectivity index (χ3v) is 3.45. The van der Waals surface area contributed by atoms with E-state index in [-0.39, 0.29) is 18.7 Å². The van der Waals surface area contributed by atoms with E-state index in [4.69, 9.17) is 4.42 Å². The first-order valence-electron chi connectivity index (χ1n) is 5.38. The van der Waals surface area contributed by atoms with Gasteiger partial charge in [-0.05, 0) is 23.6 Å². The van der Waals surface area contributed by atoms with Crippen LogP contribution in [0.15, 0.2) is 40.3 Å². The largest absolute Gasteiger partial charge is 0.469 e. The fraction of sp³-hybridized carbons (Fsp3) is 0.250. The monoisotopic (exact) mass is 265 g/mol. The summed E-state index contributed by atoms with van der Waals surface area (Å²) < 4.78 is 5.16. The minimum Gasteiger partial charge on any atom is -0.469 e. The molecule has 0 saturated carbocycles. The molecule has 2 heterocycles. The number of rotatable bonds is 6. The van der Waals surface area contributed by atoms with E-state index in [0.717, 1.165) is 0 Å². The zero-order valence-corrected chi connectivity index (χ0v) is 10.3. The summed E-state index contributed by atoms with van der Waals surface area (Å²) in [5, 5.41) is 12.4. The highest BCUT2D eigenvalue weighted by molar-refractivity contribution is 7.12. The van der Waals surface area contributed by atoms with E-state index in [1.807, 2.05) is 5.38 Å². The Hall–Kier alpha value is -1.95. The molecular formula is C12H11NO4S. The molecule has 0 amide bonds. The van der Waals surface area contributed by atoms with Gasteiger partial charge in [0.05, 0.1) is 17.1 Å². The lowest BCUT2D eigenvalue weighted by Gasteiger charge is -2.08. The van der Waals surface area contributed by atoms with E-state index < -0.39 is 10.8 Å². The molecule has 0 aliphatic rings. The number of Topliss-reactive ketones (excluding diaryl/α,β-unsaturated/α-hetero) is 1. The second-order valence-electron chi connectivity index (χ2n) is 3.83. The summed E-state index contributed by atoms with van der Waals surface area (Å²) in [5.41, 5.74) is 0. The number of thiophene rings is 1. The molecule has 0 radical (unpaired) electrons. The van der Waals surface area contributed by atoms with Gasteiger partial charge >= 0.3 is 0 Å². The molecule has 2 rings (SSSR count). The van der Waals surface area contributed by atoms with Gasteiger partial charge in [0.1, 0.15) is 5.76 Å². The third-order valence-electron chi connectivity index (χ3n) is 2.54. The zero-order valence-electron chi connectivity index (χ0n) is 9.44. The number of hydrogen-bond acceptors (Lipinski definition) is 5. The van der Waals surface area contributed by atoms with Crippen molar-refractivity contribution in [3.63, 3.8) is 0 Å². The van der Waals surface area contributed by atoms with Crippen LogP contribution in [0, 0.1) is 10.1 Å².